The highest BCUT2D eigenvalue weighted by Crippen LogP contribution is 2.22. The van der Waals surface area contributed by atoms with Crippen LogP contribution in [0.5, 0.6) is 5.75 Å². The van der Waals surface area contributed by atoms with Crippen LogP contribution in [-0.2, 0) is 11.2 Å². The molecule has 6 nitrogen and oxygen atoms in total. The lowest BCUT2D eigenvalue weighted by Gasteiger charge is -2.13. The highest BCUT2D eigenvalue weighted by molar-refractivity contribution is 5.76. The van der Waals surface area contributed by atoms with E-state index < -0.39 is 0 Å². The van der Waals surface area contributed by atoms with Crippen LogP contribution in [0.2, 0.25) is 0 Å². The fourth-order valence-electron chi connectivity index (χ4n) is 3.12. The molecule has 0 aliphatic rings. The Balaban J connectivity index is 1.86. The number of H-pyrrole nitrogens is 1. The lowest BCUT2D eigenvalue weighted by molar-refractivity contribution is -0.121. The zero-order valence-electron chi connectivity index (χ0n) is 16.2. The number of nitriles is 1. The van der Waals surface area contributed by atoms with Crippen LogP contribution in [0.25, 0.3) is 0 Å². The van der Waals surface area contributed by atoms with E-state index >= 15 is 0 Å². The van der Waals surface area contributed by atoms with Gasteiger partial charge in [0.25, 0.3) is 5.56 Å². The average Bonchev–Trinajstić information content (AvgIpc) is 2.60. The van der Waals surface area contributed by atoms with Gasteiger partial charge in [0.1, 0.15) is 24.0 Å². The van der Waals surface area contributed by atoms with Crippen LogP contribution in [-0.4, -0.2) is 24.0 Å². The van der Waals surface area contributed by atoms with Gasteiger partial charge in [-0.3, -0.25) is 9.59 Å². The molecule has 0 spiro atoms. The Morgan fingerprint density at radius 2 is 1.89 bits per heavy atom. The third-order valence-electron chi connectivity index (χ3n) is 4.60. The molecule has 0 unspecified atom stereocenters. The molecule has 2 rings (SSSR count). The molecule has 1 amide bonds. The van der Waals surface area contributed by atoms with Crippen molar-refractivity contribution in [3.8, 4) is 11.8 Å². The number of aryl methyl sites for hydroxylation is 3. The highest BCUT2D eigenvalue weighted by Gasteiger charge is 2.13. The van der Waals surface area contributed by atoms with Gasteiger partial charge in [-0.2, -0.15) is 5.26 Å². The lowest BCUT2D eigenvalue weighted by Crippen LogP contribution is -2.28. The Labute approximate surface area is 159 Å². The molecule has 0 aliphatic heterocycles. The number of amides is 1. The van der Waals surface area contributed by atoms with Gasteiger partial charge in [0, 0.05) is 12.1 Å². The van der Waals surface area contributed by atoms with Crippen molar-refractivity contribution in [3.05, 3.63) is 62.1 Å². The molecule has 27 heavy (non-hydrogen) atoms. The van der Waals surface area contributed by atoms with E-state index in [0.29, 0.717) is 30.8 Å². The first-order valence-corrected chi connectivity index (χ1v) is 8.93. The SMILES string of the molecule is Cc1cccc(C)c1OCCNC(=O)CCc1c(C)[nH]c(=O)c(C#N)c1C. The minimum Gasteiger partial charge on any atom is -0.491 e. The standard InChI is InChI=1S/C21H25N3O3/c1-13-6-5-7-14(2)20(13)27-11-10-23-19(25)9-8-17-15(3)18(12-22)21(26)24-16(17)4/h5-7H,8-11H2,1-4H3,(H,23,25)(H,24,26). The first kappa shape index (κ1) is 20.2. The summed E-state index contributed by atoms with van der Waals surface area (Å²) in [6, 6.07) is 7.89. The summed E-state index contributed by atoms with van der Waals surface area (Å²) in [5.74, 6) is 0.763. The van der Waals surface area contributed by atoms with Crippen LogP contribution in [0.3, 0.4) is 0 Å². The summed E-state index contributed by atoms with van der Waals surface area (Å²) in [7, 11) is 0. The number of carbonyl (C=O) groups is 1. The van der Waals surface area contributed by atoms with Crippen molar-refractivity contribution in [2.45, 2.75) is 40.5 Å². The number of rotatable bonds is 7. The van der Waals surface area contributed by atoms with Crippen LogP contribution in [0.4, 0.5) is 0 Å². The van der Waals surface area contributed by atoms with Crippen LogP contribution in [0, 0.1) is 39.0 Å². The first-order chi connectivity index (χ1) is 12.8. The van der Waals surface area contributed by atoms with Crippen molar-refractivity contribution in [3.63, 3.8) is 0 Å². The topological polar surface area (TPSA) is 95.0 Å². The molecular formula is C21H25N3O3. The van der Waals surface area contributed by atoms with Crippen molar-refractivity contribution >= 4 is 5.91 Å². The normalized spacial score (nSPS) is 10.3. The summed E-state index contributed by atoms with van der Waals surface area (Å²) >= 11 is 0. The lowest BCUT2D eigenvalue weighted by atomic mass is 9.99. The summed E-state index contributed by atoms with van der Waals surface area (Å²) < 4.78 is 5.77. The van der Waals surface area contributed by atoms with Gasteiger partial charge in [0.05, 0.1) is 6.54 Å². The molecule has 2 aromatic rings. The van der Waals surface area contributed by atoms with Crippen molar-refractivity contribution < 1.29 is 9.53 Å². The number of hydrogen-bond acceptors (Lipinski definition) is 4. The molecule has 0 saturated carbocycles. The van der Waals surface area contributed by atoms with Gasteiger partial charge in [-0.25, -0.2) is 0 Å². The number of carbonyl (C=O) groups excluding carboxylic acids is 1. The average molecular weight is 367 g/mol. The predicted octanol–water partition coefficient (Wildman–Crippen LogP) is 2.61. The zero-order valence-corrected chi connectivity index (χ0v) is 16.2. The molecule has 2 N–H and O–H groups in total. The minimum atomic E-state index is -0.385. The number of benzene rings is 1. The monoisotopic (exact) mass is 367 g/mol. The van der Waals surface area contributed by atoms with E-state index in [1.54, 1.807) is 13.8 Å². The number of hydrogen-bond donors (Lipinski definition) is 2. The molecule has 1 aromatic heterocycles. The Morgan fingerprint density at radius 3 is 2.52 bits per heavy atom. The number of aromatic amines is 1. The van der Waals surface area contributed by atoms with Crippen LogP contribution >= 0.6 is 0 Å². The Kier molecular flexibility index (Phi) is 6.78. The number of aromatic nitrogens is 1. The minimum absolute atomic E-state index is 0.0939. The van der Waals surface area contributed by atoms with Gasteiger partial charge >= 0.3 is 0 Å². The van der Waals surface area contributed by atoms with E-state index in [0.717, 1.165) is 22.4 Å². The molecule has 1 aromatic carbocycles. The van der Waals surface area contributed by atoms with E-state index in [2.05, 4.69) is 10.3 Å². The van der Waals surface area contributed by atoms with Crippen LogP contribution in [0.15, 0.2) is 23.0 Å². The van der Waals surface area contributed by atoms with E-state index in [4.69, 9.17) is 10.00 Å². The predicted molar refractivity (Wildman–Crippen MR) is 104 cm³/mol. The van der Waals surface area contributed by atoms with Gasteiger partial charge in [-0.05, 0) is 56.4 Å². The fourth-order valence-corrected chi connectivity index (χ4v) is 3.12. The second-order valence-electron chi connectivity index (χ2n) is 6.59. The van der Waals surface area contributed by atoms with Crippen LogP contribution in [0.1, 0.15) is 39.9 Å². The molecule has 0 saturated heterocycles. The molecule has 1 heterocycles. The molecule has 0 atom stereocenters. The second kappa shape index (κ2) is 9.04. The summed E-state index contributed by atoms with van der Waals surface area (Å²) in [5.41, 5.74) is 4.04. The summed E-state index contributed by atoms with van der Waals surface area (Å²) in [6.45, 7) is 8.32. The summed E-state index contributed by atoms with van der Waals surface area (Å²) in [4.78, 5) is 26.5. The third-order valence-corrected chi connectivity index (χ3v) is 4.60. The van der Waals surface area contributed by atoms with Gasteiger partial charge in [0.15, 0.2) is 0 Å². The van der Waals surface area contributed by atoms with Crippen molar-refractivity contribution in [1.29, 1.82) is 5.26 Å². The number of nitrogens with zero attached hydrogens (tertiary/aromatic N) is 1. The van der Waals surface area contributed by atoms with Crippen LogP contribution < -0.4 is 15.6 Å². The zero-order chi connectivity index (χ0) is 20.0. The first-order valence-electron chi connectivity index (χ1n) is 8.93. The fraction of sp³-hybridized carbons (Fsp3) is 0.381. The Bertz CT molecular complexity index is 919. The summed E-state index contributed by atoms with van der Waals surface area (Å²) in [6.07, 6.45) is 0.745. The smallest absolute Gasteiger partial charge is 0.266 e. The van der Waals surface area contributed by atoms with E-state index in [-0.39, 0.29) is 23.5 Å². The Morgan fingerprint density at radius 1 is 1.22 bits per heavy atom. The van der Waals surface area contributed by atoms with E-state index in [1.165, 1.54) is 0 Å². The molecule has 0 radical (unpaired) electrons. The number of para-hydroxylation sites is 1. The second-order valence-corrected chi connectivity index (χ2v) is 6.59. The molecule has 0 fully saturated rings. The summed E-state index contributed by atoms with van der Waals surface area (Å²) in [5, 5.41) is 11.9. The Hall–Kier alpha value is -3.07. The van der Waals surface area contributed by atoms with Gasteiger partial charge in [0.2, 0.25) is 5.91 Å². The number of pyridine rings is 1. The molecular weight excluding hydrogens is 342 g/mol. The number of nitrogens with one attached hydrogen (secondary N) is 2. The third kappa shape index (κ3) is 4.98. The van der Waals surface area contributed by atoms with Crippen molar-refractivity contribution in [2.75, 3.05) is 13.2 Å². The largest absolute Gasteiger partial charge is 0.491 e. The van der Waals surface area contributed by atoms with Crippen molar-refractivity contribution in [1.82, 2.24) is 10.3 Å². The maximum atomic E-state index is 12.1. The maximum Gasteiger partial charge on any atom is 0.266 e. The molecule has 0 bridgehead atoms. The number of ether oxygens (including phenoxy) is 1. The van der Waals surface area contributed by atoms with Gasteiger partial charge < -0.3 is 15.0 Å². The maximum absolute atomic E-state index is 12.1. The van der Waals surface area contributed by atoms with Gasteiger partial charge in [-0.15, -0.1) is 0 Å². The molecule has 142 valence electrons. The quantitative estimate of drug-likeness (QED) is 0.736. The molecule has 0 aliphatic carbocycles. The highest BCUT2D eigenvalue weighted by atomic mass is 16.5. The van der Waals surface area contributed by atoms with E-state index in [1.807, 2.05) is 38.1 Å². The van der Waals surface area contributed by atoms with E-state index in [9.17, 15) is 9.59 Å². The molecule has 6 heteroatoms. The van der Waals surface area contributed by atoms with Crippen molar-refractivity contribution in [2.24, 2.45) is 0 Å². The van der Waals surface area contributed by atoms with Gasteiger partial charge in [-0.1, -0.05) is 18.2 Å².